The molecule has 3 nitrogen and oxygen atoms in total. The summed E-state index contributed by atoms with van der Waals surface area (Å²) in [5.74, 6) is 0. The first-order valence-corrected chi connectivity index (χ1v) is 13.1. The van der Waals surface area contributed by atoms with Crippen LogP contribution in [0.4, 0.5) is 0 Å². The zero-order chi connectivity index (χ0) is 25.1. The van der Waals surface area contributed by atoms with Crippen molar-refractivity contribution in [2.45, 2.75) is 0 Å². The monoisotopic (exact) mass is 699 g/mol. The van der Waals surface area contributed by atoms with Crippen LogP contribution in [0.25, 0.3) is 62.7 Å². The predicted molar refractivity (Wildman–Crippen MR) is 156 cm³/mol. The second kappa shape index (κ2) is 12.1. The number of pyridine rings is 1. The second-order valence-electron chi connectivity index (χ2n) is 7.90. The van der Waals surface area contributed by atoms with Gasteiger partial charge in [-0.25, -0.2) is 0 Å². The van der Waals surface area contributed by atoms with Gasteiger partial charge in [0.05, 0.1) is 0 Å². The van der Waals surface area contributed by atoms with Gasteiger partial charge in [0.15, 0.2) is 0 Å². The molecule has 0 unspecified atom stereocenters. The molecule has 7 aromatic rings. The molecule has 37 heavy (non-hydrogen) atoms. The minimum atomic E-state index is 0. The van der Waals surface area contributed by atoms with Crippen molar-refractivity contribution in [1.29, 1.82) is 0 Å². The Morgan fingerprint density at radius 1 is 0.676 bits per heavy atom. The van der Waals surface area contributed by atoms with Crippen LogP contribution in [-0.4, -0.2) is 29.4 Å². The van der Waals surface area contributed by atoms with Gasteiger partial charge >= 0.3 is 0 Å². The molecule has 7 rings (SSSR count). The molecule has 0 aliphatic heterocycles. The quantitative estimate of drug-likeness (QED) is 0.179. The van der Waals surface area contributed by atoms with E-state index in [1.165, 1.54) is 51.5 Å². The van der Waals surface area contributed by atoms with Crippen molar-refractivity contribution in [3.8, 4) is 22.4 Å². The maximum Gasteiger partial charge on any atom is 0.0440 e. The van der Waals surface area contributed by atoms with Gasteiger partial charge < -0.3 is 15.2 Å². The maximum absolute atomic E-state index is 7.00. The topological polar surface area (TPSA) is 53.4 Å². The van der Waals surface area contributed by atoms with E-state index in [1.54, 1.807) is 0 Å². The van der Waals surface area contributed by atoms with Gasteiger partial charge in [-0.2, -0.15) is 0 Å². The number of fused-ring (bicyclic) bond motifs is 6. The third kappa shape index (κ3) is 4.85. The molecule has 3 heterocycles. The van der Waals surface area contributed by atoms with E-state index in [0.29, 0.717) is 0 Å². The Hall–Kier alpha value is -2.96. The minimum Gasteiger partial charge on any atom is -0.400 e. The summed E-state index contributed by atoms with van der Waals surface area (Å²) in [4.78, 5) is 4.66. The van der Waals surface area contributed by atoms with Crippen LogP contribution in [-0.2, 0) is 20.1 Å². The smallest absolute Gasteiger partial charge is 0.0440 e. The van der Waals surface area contributed by atoms with Crippen LogP contribution in [0.3, 0.4) is 0 Å². The summed E-state index contributed by atoms with van der Waals surface area (Å²) in [5.41, 5.74) is 4.49. The van der Waals surface area contributed by atoms with Crippen LogP contribution in [0.5, 0.6) is 0 Å². The molecule has 187 valence electrons. The van der Waals surface area contributed by atoms with Crippen LogP contribution in [0.1, 0.15) is 0 Å². The maximum atomic E-state index is 7.00. The SMILES string of the molecule is CO.CO.[Ir].[c-]1ccccc1-c1cc(-c2c3sc4ccccc4c3cc3sc4ccccc4c23)ccn1. The fourth-order valence-electron chi connectivity index (χ4n) is 4.62. The molecule has 0 aliphatic carbocycles. The molecule has 0 saturated heterocycles. The van der Waals surface area contributed by atoms with E-state index < -0.39 is 0 Å². The number of hydrogen-bond acceptors (Lipinski definition) is 5. The molecule has 0 amide bonds. The molecule has 1 radical (unpaired) electrons. The van der Waals surface area contributed by atoms with E-state index in [1.807, 2.05) is 47.1 Å². The first kappa shape index (κ1) is 27.1. The normalized spacial score (nSPS) is 10.5. The van der Waals surface area contributed by atoms with Crippen LogP contribution >= 0.6 is 22.7 Å². The van der Waals surface area contributed by atoms with Gasteiger partial charge in [-0.1, -0.05) is 42.5 Å². The van der Waals surface area contributed by atoms with Gasteiger partial charge in [0.25, 0.3) is 0 Å². The Bertz CT molecular complexity index is 1790. The van der Waals surface area contributed by atoms with Gasteiger partial charge in [0.2, 0.25) is 0 Å². The summed E-state index contributed by atoms with van der Waals surface area (Å²) in [6.45, 7) is 0. The number of aliphatic hydroxyl groups excluding tert-OH is 2. The average Bonchev–Trinajstić information content (AvgIpc) is 3.52. The summed E-state index contributed by atoms with van der Waals surface area (Å²) in [5, 5.41) is 19.3. The zero-order valence-electron chi connectivity index (χ0n) is 20.2. The molecule has 2 N–H and O–H groups in total. The van der Waals surface area contributed by atoms with Crippen molar-refractivity contribution >= 4 is 63.0 Å². The molecule has 0 saturated carbocycles. The van der Waals surface area contributed by atoms with E-state index in [9.17, 15) is 0 Å². The molecule has 0 fully saturated rings. The van der Waals surface area contributed by atoms with Gasteiger partial charge in [0, 0.05) is 86.4 Å². The minimum absolute atomic E-state index is 0. The predicted octanol–water partition coefficient (Wildman–Crippen LogP) is 8.17. The first-order chi connectivity index (χ1) is 17.9. The first-order valence-electron chi connectivity index (χ1n) is 11.5. The Balaban J connectivity index is 0.000000613. The molecule has 0 bridgehead atoms. The van der Waals surface area contributed by atoms with Crippen molar-refractivity contribution in [2.75, 3.05) is 14.2 Å². The Kier molecular flexibility index (Phi) is 8.83. The van der Waals surface area contributed by atoms with Gasteiger partial charge in [-0.05, 0) is 35.5 Å². The third-order valence-electron chi connectivity index (χ3n) is 6.04. The number of aromatic nitrogens is 1. The number of rotatable bonds is 2. The van der Waals surface area contributed by atoms with E-state index in [4.69, 9.17) is 10.2 Å². The van der Waals surface area contributed by atoms with Crippen LogP contribution in [0.15, 0.2) is 97.2 Å². The molecule has 4 aromatic carbocycles. The standard InChI is InChI=1S/C29H16NS2.2CH4O.Ir/c1-2-8-18(9-3-1)23-16-19(14-15-30-23)27-28-21-11-5-7-13-25(21)31-26(28)17-22-20-10-4-6-12-24(20)32-29(22)27;2*1-2;/h1-8,10-17H;2*2H,1H3;/q-1;;;. The van der Waals surface area contributed by atoms with Crippen LogP contribution in [0.2, 0.25) is 0 Å². The zero-order valence-corrected chi connectivity index (χ0v) is 24.3. The Labute approximate surface area is 237 Å². The largest absolute Gasteiger partial charge is 0.400 e. The molecular formula is C31H24IrNO2S2-. The van der Waals surface area contributed by atoms with E-state index in [2.05, 4.69) is 83.8 Å². The third-order valence-corrected chi connectivity index (χ3v) is 8.36. The number of nitrogens with zero attached hydrogens (tertiary/aromatic N) is 1. The fourth-order valence-corrected chi connectivity index (χ4v) is 7.03. The summed E-state index contributed by atoms with van der Waals surface area (Å²) in [7, 11) is 2.00. The Morgan fingerprint density at radius 3 is 2.08 bits per heavy atom. The summed E-state index contributed by atoms with van der Waals surface area (Å²) in [6.07, 6.45) is 1.93. The molecule has 6 heteroatoms. The summed E-state index contributed by atoms with van der Waals surface area (Å²) >= 11 is 3.77. The number of hydrogen-bond donors (Lipinski definition) is 2. The van der Waals surface area contributed by atoms with Gasteiger partial charge in [-0.15, -0.1) is 58.6 Å². The summed E-state index contributed by atoms with van der Waals surface area (Å²) in [6, 6.07) is 35.6. The summed E-state index contributed by atoms with van der Waals surface area (Å²) < 4.78 is 5.34. The van der Waals surface area contributed by atoms with Crippen LogP contribution < -0.4 is 0 Å². The van der Waals surface area contributed by atoms with Crippen LogP contribution in [0, 0.1) is 6.07 Å². The van der Waals surface area contributed by atoms with Crippen molar-refractivity contribution in [2.24, 2.45) is 0 Å². The van der Waals surface area contributed by atoms with Crippen molar-refractivity contribution < 1.29 is 30.3 Å². The second-order valence-corrected chi connectivity index (χ2v) is 10.0. The molecular weight excluding hydrogens is 675 g/mol. The number of aliphatic hydroxyl groups is 2. The Morgan fingerprint density at radius 2 is 1.35 bits per heavy atom. The molecule has 3 aromatic heterocycles. The molecule has 0 atom stereocenters. The molecule has 0 aliphatic rings. The van der Waals surface area contributed by atoms with E-state index >= 15 is 0 Å². The van der Waals surface area contributed by atoms with E-state index in [0.717, 1.165) is 25.5 Å². The number of benzene rings is 4. The van der Waals surface area contributed by atoms with E-state index in [-0.39, 0.29) is 20.1 Å². The van der Waals surface area contributed by atoms with Crippen molar-refractivity contribution in [3.63, 3.8) is 0 Å². The van der Waals surface area contributed by atoms with Crippen molar-refractivity contribution in [1.82, 2.24) is 4.98 Å². The number of thiophene rings is 2. The van der Waals surface area contributed by atoms with Crippen molar-refractivity contribution in [3.05, 3.63) is 103 Å². The van der Waals surface area contributed by atoms with Gasteiger partial charge in [-0.3, -0.25) is 0 Å². The molecule has 0 spiro atoms. The fraction of sp³-hybridized carbons (Fsp3) is 0.0645. The average molecular weight is 699 g/mol. The van der Waals surface area contributed by atoms with Gasteiger partial charge in [0.1, 0.15) is 0 Å².